The molecule has 2 rings (SSSR count). The van der Waals surface area contributed by atoms with Crippen molar-refractivity contribution in [1.29, 1.82) is 0 Å². The third kappa shape index (κ3) is 2.21. The maximum absolute atomic E-state index is 12.0. The summed E-state index contributed by atoms with van der Waals surface area (Å²) in [6.07, 6.45) is 2.79. The summed E-state index contributed by atoms with van der Waals surface area (Å²) in [6.45, 7) is 3.55. The number of Topliss-reactive ketones (excluding diaryl/α,β-unsaturated/α-hetero) is 1. The zero-order valence-corrected chi connectivity index (χ0v) is 10.7. The van der Waals surface area contributed by atoms with Crippen molar-refractivity contribution in [2.24, 2.45) is 0 Å². The molecule has 0 radical (unpaired) electrons. The second kappa shape index (κ2) is 5.17. The molecular weight excluding hydrogens is 226 g/mol. The van der Waals surface area contributed by atoms with E-state index >= 15 is 0 Å². The topological polar surface area (TPSA) is 49.9 Å². The van der Waals surface area contributed by atoms with Gasteiger partial charge in [0.05, 0.1) is 5.56 Å². The molecule has 3 nitrogen and oxygen atoms in total. The molecule has 0 unspecified atom stereocenters. The molecule has 1 aromatic heterocycles. The third-order valence-electron chi connectivity index (χ3n) is 3.16. The Hall–Kier alpha value is -1.90. The van der Waals surface area contributed by atoms with E-state index in [0.717, 1.165) is 35.7 Å². The van der Waals surface area contributed by atoms with Gasteiger partial charge in [0.15, 0.2) is 5.78 Å². The molecule has 0 atom stereocenters. The third-order valence-corrected chi connectivity index (χ3v) is 3.16. The van der Waals surface area contributed by atoms with Gasteiger partial charge in [0.25, 0.3) is 5.56 Å². The normalized spacial score (nSPS) is 10.8. The van der Waals surface area contributed by atoms with E-state index in [9.17, 15) is 9.59 Å². The number of aromatic amines is 1. The highest BCUT2D eigenvalue weighted by Gasteiger charge is 2.15. The fourth-order valence-electron chi connectivity index (χ4n) is 2.30. The van der Waals surface area contributed by atoms with Crippen LogP contribution in [0.2, 0.25) is 0 Å². The second-order valence-electron chi connectivity index (χ2n) is 4.51. The van der Waals surface area contributed by atoms with Gasteiger partial charge in [0.2, 0.25) is 0 Å². The van der Waals surface area contributed by atoms with E-state index < -0.39 is 0 Å². The van der Waals surface area contributed by atoms with Crippen molar-refractivity contribution in [1.82, 2.24) is 4.98 Å². The average molecular weight is 243 g/mol. The molecule has 0 aliphatic rings. The van der Waals surface area contributed by atoms with Gasteiger partial charge in [-0.15, -0.1) is 0 Å². The zero-order chi connectivity index (χ0) is 13.1. The summed E-state index contributed by atoms with van der Waals surface area (Å²) in [4.78, 5) is 26.4. The highest BCUT2D eigenvalue weighted by molar-refractivity contribution is 5.99. The molecule has 1 aromatic carbocycles. The number of aryl methyl sites for hydroxylation is 1. The molecule has 0 bridgehead atoms. The number of carbonyl (C=O) groups excluding carboxylic acids is 1. The summed E-state index contributed by atoms with van der Waals surface area (Å²) in [7, 11) is 0. The maximum atomic E-state index is 12.0. The molecule has 0 aliphatic heterocycles. The Morgan fingerprint density at radius 3 is 2.67 bits per heavy atom. The van der Waals surface area contributed by atoms with Crippen LogP contribution in [0.1, 0.15) is 42.6 Å². The van der Waals surface area contributed by atoms with Gasteiger partial charge in [-0.1, -0.05) is 31.5 Å². The minimum absolute atomic E-state index is 0.159. The minimum Gasteiger partial charge on any atom is -0.321 e. The van der Waals surface area contributed by atoms with Gasteiger partial charge in [-0.2, -0.15) is 0 Å². The molecule has 0 spiro atoms. The van der Waals surface area contributed by atoms with Gasteiger partial charge in [0.1, 0.15) is 0 Å². The summed E-state index contributed by atoms with van der Waals surface area (Å²) in [6, 6.07) is 7.65. The fraction of sp³-hybridized carbons (Fsp3) is 0.333. The smallest absolute Gasteiger partial charge is 0.259 e. The quantitative estimate of drug-likeness (QED) is 0.839. The Morgan fingerprint density at radius 1 is 1.28 bits per heavy atom. The van der Waals surface area contributed by atoms with Gasteiger partial charge in [-0.25, -0.2) is 0 Å². The number of hydrogen-bond acceptors (Lipinski definition) is 2. The molecule has 0 fully saturated rings. The number of ketones is 1. The first kappa shape index (κ1) is 12.6. The number of nitrogens with one attached hydrogen (secondary N) is 1. The lowest BCUT2D eigenvalue weighted by Crippen LogP contribution is -2.19. The molecule has 2 aromatic rings. The molecule has 1 N–H and O–H groups in total. The SMILES string of the molecule is CCCCc1c(C(C)=O)c(=O)[nH]c2ccccc12. The minimum atomic E-state index is -0.271. The lowest BCUT2D eigenvalue weighted by atomic mass is 9.96. The Kier molecular flexibility index (Phi) is 3.60. The average Bonchev–Trinajstić information content (AvgIpc) is 2.34. The van der Waals surface area contributed by atoms with Crippen LogP contribution >= 0.6 is 0 Å². The van der Waals surface area contributed by atoms with Crippen molar-refractivity contribution in [2.45, 2.75) is 33.1 Å². The van der Waals surface area contributed by atoms with Gasteiger partial charge >= 0.3 is 0 Å². The van der Waals surface area contributed by atoms with Gasteiger partial charge in [-0.3, -0.25) is 9.59 Å². The lowest BCUT2D eigenvalue weighted by molar-refractivity contribution is 0.101. The van der Waals surface area contributed by atoms with Gasteiger partial charge in [0, 0.05) is 10.9 Å². The Balaban J connectivity index is 2.76. The van der Waals surface area contributed by atoms with Crippen LogP contribution in [0.25, 0.3) is 10.9 Å². The highest BCUT2D eigenvalue weighted by Crippen LogP contribution is 2.20. The molecule has 0 amide bonds. The number of unbranched alkanes of at least 4 members (excludes halogenated alkanes) is 1. The summed E-state index contributed by atoms with van der Waals surface area (Å²) >= 11 is 0. The largest absolute Gasteiger partial charge is 0.321 e. The number of H-pyrrole nitrogens is 1. The second-order valence-corrected chi connectivity index (χ2v) is 4.51. The van der Waals surface area contributed by atoms with Gasteiger partial charge in [-0.05, 0) is 31.4 Å². The molecular formula is C15H17NO2. The van der Waals surface area contributed by atoms with Crippen LogP contribution in [-0.4, -0.2) is 10.8 Å². The molecule has 0 saturated heterocycles. The number of rotatable bonds is 4. The van der Waals surface area contributed by atoms with Crippen molar-refractivity contribution >= 4 is 16.7 Å². The Bertz CT molecular complexity index is 640. The van der Waals surface area contributed by atoms with Gasteiger partial charge < -0.3 is 4.98 Å². The number of hydrogen-bond donors (Lipinski definition) is 1. The van der Waals surface area contributed by atoms with Crippen LogP contribution in [0.15, 0.2) is 29.1 Å². The summed E-state index contributed by atoms with van der Waals surface area (Å²) < 4.78 is 0. The molecule has 0 saturated carbocycles. The first-order valence-electron chi connectivity index (χ1n) is 6.30. The van der Waals surface area contributed by atoms with E-state index in [1.807, 2.05) is 24.3 Å². The van der Waals surface area contributed by atoms with Crippen LogP contribution < -0.4 is 5.56 Å². The number of aromatic nitrogens is 1. The van der Waals surface area contributed by atoms with E-state index in [2.05, 4.69) is 11.9 Å². The maximum Gasteiger partial charge on any atom is 0.259 e. The molecule has 0 aliphatic carbocycles. The summed E-state index contributed by atoms with van der Waals surface area (Å²) in [5.41, 5.74) is 1.75. The standard InChI is InChI=1S/C15H17NO2/c1-3-4-7-12-11-8-5-6-9-13(11)16-15(18)14(12)10(2)17/h5-6,8-9H,3-4,7H2,1-2H3,(H,16,18). The van der Waals surface area contributed by atoms with Crippen molar-refractivity contribution in [2.75, 3.05) is 0 Å². The monoisotopic (exact) mass is 243 g/mol. The summed E-state index contributed by atoms with van der Waals surface area (Å²) in [5.74, 6) is -0.159. The number of para-hydroxylation sites is 1. The first-order valence-corrected chi connectivity index (χ1v) is 6.30. The predicted octanol–water partition coefficient (Wildman–Crippen LogP) is 3.07. The van der Waals surface area contributed by atoms with Crippen LogP contribution in [0.4, 0.5) is 0 Å². The van der Waals surface area contributed by atoms with E-state index in [1.54, 1.807) is 0 Å². The van der Waals surface area contributed by atoms with E-state index in [0.29, 0.717) is 5.56 Å². The van der Waals surface area contributed by atoms with Crippen molar-refractivity contribution < 1.29 is 4.79 Å². The van der Waals surface area contributed by atoms with Crippen LogP contribution in [-0.2, 0) is 6.42 Å². The summed E-state index contributed by atoms with van der Waals surface area (Å²) in [5, 5.41) is 0.982. The van der Waals surface area contributed by atoms with Crippen molar-refractivity contribution in [3.05, 3.63) is 45.7 Å². The van der Waals surface area contributed by atoms with Crippen LogP contribution in [0.5, 0.6) is 0 Å². The molecule has 3 heteroatoms. The number of pyridine rings is 1. The van der Waals surface area contributed by atoms with Crippen LogP contribution in [0.3, 0.4) is 0 Å². The van der Waals surface area contributed by atoms with E-state index in [4.69, 9.17) is 0 Å². The Morgan fingerprint density at radius 2 is 2.00 bits per heavy atom. The fourth-order valence-corrected chi connectivity index (χ4v) is 2.30. The number of fused-ring (bicyclic) bond motifs is 1. The van der Waals surface area contributed by atoms with E-state index in [-0.39, 0.29) is 11.3 Å². The number of carbonyl (C=O) groups is 1. The van der Waals surface area contributed by atoms with Crippen molar-refractivity contribution in [3.63, 3.8) is 0 Å². The molecule has 18 heavy (non-hydrogen) atoms. The number of benzene rings is 1. The Labute approximate surface area is 106 Å². The zero-order valence-electron chi connectivity index (χ0n) is 10.7. The molecule has 94 valence electrons. The highest BCUT2D eigenvalue weighted by atomic mass is 16.1. The van der Waals surface area contributed by atoms with E-state index in [1.165, 1.54) is 6.92 Å². The van der Waals surface area contributed by atoms with Crippen LogP contribution in [0, 0.1) is 0 Å². The molecule has 1 heterocycles. The predicted molar refractivity (Wildman–Crippen MR) is 73.2 cm³/mol. The lowest BCUT2D eigenvalue weighted by Gasteiger charge is -2.10. The van der Waals surface area contributed by atoms with Crippen molar-refractivity contribution in [3.8, 4) is 0 Å². The first-order chi connectivity index (χ1) is 8.65.